The van der Waals surface area contributed by atoms with Crippen LogP contribution >= 0.6 is 11.6 Å². The quantitative estimate of drug-likeness (QED) is 0.768. The maximum absolute atomic E-state index is 5.90. The Morgan fingerprint density at radius 1 is 1.27 bits per heavy atom. The van der Waals surface area contributed by atoms with Crippen molar-refractivity contribution in [2.24, 2.45) is 5.41 Å². The molecule has 0 aromatic heterocycles. The van der Waals surface area contributed by atoms with Crippen LogP contribution in [-0.2, 0) is 0 Å². The lowest BCUT2D eigenvalue weighted by Gasteiger charge is -2.23. The molecule has 1 spiro atoms. The molecule has 1 aromatic carbocycles. The third-order valence-corrected chi connectivity index (χ3v) is 4.22. The highest BCUT2D eigenvalue weighted by atomic mass is 35.5. The summed E-state index contributed by atoms with van der Waals surface area (Å²) >= 11 is 5.90. The van der Waals surface area contributed by atoms with E-state index in [0.29, 0.717) is 5.41 Å². The molecule has 2 aliphatic rings. The highest BCUT2D eigenvalue weighted by Crippen LogP contribution is 2.62. The average molecular weight is 222 g/mol. The van der Waals surface area contributed by atoms with E-state index in [1.54, 1.807) is 0 Å². The van der Waals surface area contributed by atoms with Gasteiger partial charge in [0, 0.05) is 11.6 Å². The van der Waals surface area contributed by atoms with Gasteiger partial charge in [-0.15, -0.1) is 0 Å². The first-order valence-corrected chi connectivity index (χ1v) is 6.14. The number of benzene rings is 1. The molecule has 0 bridgehead atoms. The molecule has 1 aliphatic heterocycles. The summed E-state index contributed by atoms with van der Waals surface area (Å²) in [6, 6.07) is 8.41. The van der Waals surface area contributed by atoms with Crippen LogP contribution in [0.25, 0.3) is 0 Å². The Kier molecular flexibility index (Phi) is 2.26. The van der Waals surface area contributed by atoms with Gasteiger partial charge < -0.3 is 5.32 Å². The Bertz CT molecular complexity index is 351. The molecule has 0 amide bonds. The second-order valence-corrected chi connectivity index (χ2v) is 5.39. The Hall–Kier alpha value is -0.530. The van der Waals surface area contributed by atoms with Crippen molar-refractivity contribution < 1.29 is 0 Å². The van der Waals surface area contributed by atoms with Gasteiger partial charge in [-0.1, -0.05) is 23.7 Å². The van der Waals surface area contributed by atoms with E-state index in [4.69, 9.17) is 11.6 Å². The summed E-state index contributed by atoms with van der Waals surface area (Å²) in [7, 11) is 0. The van der Waals surface area contributed by atoms with E-state index >= 15 is 0 Å². The maximum Gasteiger partial charge on any atom is 0.0406 e. The second kappa shape index (κ2) is 3.50. The van der Waals surface area contributed by atoms with Gasteiger partial charge in [-0.05, 0) is 54.8 Å². The van der Waals surface area contributed by atoms with Crippen LogP contribution in [0.2, 0.25) is 5.02 Å². The minimum absolute atomic E-state index is 0.589. The van der Waals surface area contributed by atoms with Crippen LogP contribution in [0.1, 0.15) is 30.7 Å². The largest absolute Gasteiger partial charge is 0.316 e. The monoisotopic (exact) mass is 221 g/mol. The standard InChI is InChI=1S/C13H16ClN/c14-11-4-2-10(3-5-11)12-8-13(12)6-1-7-15-9-13/h2-5,12,15H,1,6-9H2. The third-order valence-electron chi connectivity index (χ3n) is 3.97. The summed E-state index contributed by atoms with van der Waals surface area (Å²) in [6.45, 7) is 2.41. The second-order valence-electron chi connectivity index (χ2n) is 4.95. The zero-order chi connectivity index (χ0) is 10.3. The van der Waals surface area contributed by atoms with Crippen LogP contribution in [0.5, 0.6) is 0 Å². The molecular formula is C13H16ClN. The smallest absolute Gasteiger partial charge is 0.0406 e. The minimum Gasteiger partial charge on any atom is -0.316 e. The zero-order valence-corrected chi connectivity index (χ0v) is 9.56. The van der Waals surface area contributed by atoms with Gasteiger partial charge >= 0.3 is 0 Å². The van der Waals surface area contributed by atoms with Gasteiger partial charge in [0.05, 0.1) is 0 Å². The Labute approximate surface area is 95.8 Å². The Morgan fingerprint density at radius 2 is 2.07 bits per heavy atom. The van der Waals surface area contributed by atoms with Crippen LogP contribution in [0.3, 0.4) is 0 Å². The van der Waals surface area contributed by atoms with Gasteiger partial charge in [-0.25, -0.2) is 0 Å². The molecule has 2 atom stereocenters. The van der Waals surface area contributed by atoms with Crippen LogP contribution in [-0.4, -0.2) is 13.1 Å². The number of halogens is 1. The van der Waals surface area contributed by atoms with Crippen LogP contribution < -0.4 is 5.32 Å². The summed E-state index contributed by atoms with van der Waals surface area (Å²) < 4.78 is 0. The average Bonchev–Trinajstić information content (AvgIpc) is 2.94. The lowest BCUT2D eigenvalue weighted by atomic mass is 9.91. The van der Waals surface area contributed by atoms with Gasteiger partial charge in [0.25, 0.3) is 0 Å². The molecule has 1 aliphatic carbocycles. The van der Waals surface area contributed by atoms with Crippen molar-refractivity contribution in [1.82, 2.24) is 5.32 Å². The predicted molar refractivity (Wildman–Crippen MR) is 63.3 cm³/mol. The molecule has 2 fully saturated rings. The van der Waals surface area contributed by atoms with Crippen molar-refractivity contribution in [3.8, 4) is 0 Å². The molecule has 15 heavy (non-hydrogen) atoms. The Balaban J connectivity index is 1.77. The van der Waals surface area contributed by atoms with Crippen molar-refractivity contribution >= 4 is 11.6 Å². The van der Waals surface area contributed by atoms with Gasteiger partial charge in [0.1, 0.15) is 0 Å². The number of piperidine rings is 1. The first-order valence-electron chi connectivity index (χ1n) is 5.76. The molecule has 1 aromatic rings. The molecule has 1 saturated carbocycles. The lowest BCUT2D eigenvalue weighted by Crippen LogP contribution is -2.31. The van der Waals surface area contributed by atoms with Crippen LogP contribution in [0.4, 0.5) is 0 Å². The summed E-state index contributed by atoms with van der Waals surface area (Å²) in [5.74, 6) is 0.780. The molecule has 2 heteroatoms. The fraction of sp³-hybridized carbons (Fsp3) is 0.538. The van der Waals surface area contributed by atoms with E-state index in [1.807, 2.05) is 12.1 Å². The van der Waals surface area contributed by atoms with Crippen molar-refractivity contribution in [2.75, 3.05) is 13.1 Å². The molecule has 1 saturated heterocycles. The van der Waals surface area contributed by atoms with Gasteiger partial charge in [0.2, 0.25) is 0 Å². The van der Waals surface area contributed by atoms with E-state index in [2.05, 4.69) is 17.4 Å². The topological polar surface area (TPSA) is 12.0 Å². The summed E-state index contributed by atoms with van der Waals surface area (Å²) in [4.78, 5) is 0. The van der Waals surface area contributed by atoms with Crippen molar-refractivity contribution in [3.63, 3.8) is 0 Å². The fourth-order valence-corrected chi connectivity index (χ4v) is 3.10. The number of hydrogen-bond acceptors (Lipinski definition) is 1. The highest BCUT2D eigenvalue weighted by molar-refractivity contribution is 6.30. The molecule has 2 unspecified atom stereocenters. The summed E-state index contributed by atoms with van der Waals surface area (Å²) in [6.07, 6.45) is 4.10. The Morgan fingerprint density at radius 3 is 2.73 bits per heavy atom. The first kappa shape index (κ1) is 9.68. The molecule has 3 rings (SSSR count). The van der Waals surface area contributed by atoms with Crippen LogP contribution in [0, 0.1) is 5.41 Å². The SMILES string of the molecule is Clc1ccc(C2CC23CCCNC3)cc1. The first-order chi connectivity index (χ1) is 7.30. The van der Waals surface area contributed by atoms with Crippen LogP contribution in [0.15, 0.2) is 24.3 Å². The summed E-state index contributed by atoms with van der Waals surface area (Å²) in [5.41, 5.74) is 2.06. The van der Waals surface area contributed by atoms with Gasteiger partial charge in [-0.2, -0.15) is 0 Å². The predicted octanol–water partition coefficient (Wildman–Crippen LogP) is 3.20. The number of nitrogens with one attached hydrogen (secondary N) is 1. The molecule has 1 heterocycles. The molecular weight excluding hydrogens is 206 g/mol. The van der Waals surface area contributed by atoms with Crippen molar-refractivity contribution in [2.45, 2.75) is 25.2 Å². The normalized spacial score (nSPS) is 34.3. The van der Waals surface area contributed by atoms with E-state index in [-0.39, 0.29) is 0 Å². The number of hydrogen-bond donors (Lipinski definition) is 1. The molecule has 1 N–H and O–H groups in total. The van der Waals surface area contributed by atoms with E-state index < -0.39 is 0 Å². The van der Waals surface area contributed by atoms with E-state index in [0.717, 1.165) is 10.9 Å². The lowest BCUT2D eigenvalue weighted by molar-refractivity contribution is 0.347. The van der Waals surface area contributed by atoms with E-state index in [9.17, 15) is 0 Å². The fourth-order valence-electron chi connectivity index (χ4n) is 2.98. The minimum atomic E-state index is 0.589. The zero-order valence-electron chi connectivity index (χ0n) is 8.80. The highest BCUT2D eigenvalue weighted by Gasteiger charge is 2.54. The summed E-state index contributed by atoms with van der Waals surface area (Å²) in [5, 5.41) is 4.37. The number of rotatable bonds is 1. The van der Waals surface area contributed by atoms with Gasteiger partial charge in [-0.3, -0.25) is 0 Å². The maximum atomic E-state index is 5.90. The van der Waals surface area contributed by atoms with Gasteiger partial charge in [0.15, 0.2) is 0 Å². The van der Waals surface area contributed by atoms with Crippen molar-refractivity contribution in [1.29, 1.82) is 0 Å². The third kappa shape index (κ3) is 1.68. The molecule has 80 valence electrons. The molecule has 1 nitrogen and oxygen atoms in total. The van der Waals surface area contributed by atoms with E-state index in [1.165, 1.54) is 37.9 Å². The van der Waals surface area contributed by atoms with Crippen molar-refractivity contribution in [3.05, 3.63) is 34.9 Å². The molecule has 0 radical (unpaired) electrons.